The first-order valence-corrected chi connectivity index (χ1v) is 5.11. The largest absolute Gasteiger partial charge is 0.419 e. The number of ether oxygens (including phenoxy) is 2. The van der Waals surface area contributed by atoms with Crippen molar-refractivity contribution in [3.8, 4) is 0 Å². The van der Waals surface area contributed by atoms with E-state index < -0.39 is 17.7 Å². The van der Waals surface area contributed by atoms with E-state index >= 15 is 0 Å². The molecule has 0 unspecified atom stereocenters. The molecule has 1 heterocycles. The van der Waals surface area contributed by atoms with E-state index in [1.807, 2.05) is 0 Å². The smallest absolute Gasteiger partial charge is 0.341 e. The van der Waals surface area contributed by atoms with Gasteiger partial charge in [-0.1, -0.05) is 13.0 Å². The summed E-state index contributed by atoms with van der Waals surface area (Å²) in [6.45, 7) is 3.37. The number of carbonyl (C=O) groups is 2. The first kappa shape index (κ1) is 10.7. The van der Waals surface area contributed by atoms with Gasteiger partial charge >= 0.3 is 11.9 Å². The predicted octanol–water partition coefficient (Wildman–Crippen LogP) is 2.14. The number of benzene rings is 1. The molecule has 1 aliphatic heterocycles. The van der Waals surface area contributed by atoms with Crippen LogP contribution in [0.2, 0.25) is 0 Å². The molecule has 0 N–H and O–H groups in total. The monoisotopic (exact) mass is 220 g/mol. The summed E-state index contributed by atoms with van der Waals surface area (Å²) in [7, 11) is 0. The van der Waals surface area contributed by atoms with E-state index in [1.54, 1.807) is 32.0 Å². The van der Waals surface area contributed by atoms with E-state index in [1.165, 1.54) is 6.07 Å². The molecule has 1 aromatic carbocycles. The molecule has 1 aliphatic rings. The molecular formula is C12H12O4. The summed E-state index contributed by atoms with van der Waals surface area (Å²) in [5.74, 6) is -2.13. The third-order valence-corrected chi connectivity index (χ3v) is 2.59. The molecule has 2 rings (SSSR count). The van der Waals surface area contributed by atoms with Crippen molar-refractivity contribution in [2.75, 3.05) is 0 Å². The predicted molar refractivity (Wildman–Crippen MR) is 56.0 cm³/mol. The highest BCUT2D eigenvalue weighted by Crippen LogP contribution is 2.24. The first-order chi connectivity index (χ1) is 7.54. The van der Waals surface area contributed by atoms with Gasteiger partial charge in [0, 0.05) is 13.3 Å². The fraction of sp³-hybridized carbons (Fsp3) is 0.333. The zero-order valence-corrected chi connectivity index (χ0v) is 9.15. The lowest BCUT2D eigenvalue weighted by molar-refractivity contribution is -0.158. The Balaban J connectivity index is 2.48. The van der Waals surface area contributed by atoms with Crippen molar-refractivity contribution in [1.29, 1.82) is 0 Å². The van der Waals surface area contributed by atoms with Gasteiger partial charge < -0.3 is 9.47 Å². The maximum Gasteiger partial charge on any atom is 0.341 e. The molecular weight excluding hydrogens is 208 g/mol. The highest BCUT2D eigenvalue weighted by Gasteiger charge is 2.34. The van der Waals surface area contributed by atoms with Crippen molar-refractivity contribution < 1.29 is 19.1 Å². The van der Waals surface area contributed by atoms with Gasteiger partial charge in [0.1, 0.15) is 0 Å². The first-order valence-electron chi connectivity index (χ1n) is 5.11. The highest BCUT2D eigenvalue weighted by molar-refractivity contribution is 5.96. The number of carbonyl (C=O) groups excluding carboxylic acids is 2. The lowest BCUT2D eigenvalue weighted by Crippen LogP contribution is -2.37. The Morgan fingerprint density at radius 2 is 1.62 bits per heavy atom. The molecule has 0 aromatic heterocycles. The molecule has 0 radical (unpaired) electrons. The van der Waals surface area contributed by atoms with Crippen LogP contribution in [0.1, 0.15) is 41.0 Å². The van der Waals surface area contributed by atoms with Gasteiger partial charge in [0.05, 0.1) is 11.1 Å². The Bertz CT molecular complexity index is 417. The van der Waals surface area contributed by atoms with E-state index in [4.69, 9.17) is 9.47 Å². The summed E-state index contributed by atoms with van der Waals surface area (Å²) in [4.78, 5) is 23.4. The van der Waals surface area contributed by atoms with Gasteiger partial charge in [-0.05, 0) is 18.2 Å². The maximum absolute atomic E-state index is 11.7. The van der Waals surface area contributed by atoms with E-state index in [0.29, 0.717) is 17.5 Å². The van der Waals surface area contributed by atoms with Crippen LogP contribution in [0.25, 0.3) is 0 Å². The second-order valence-corrected chi connectivity index (χ2v) is 3.85. The van der Waals surface area contributed by atoms with E-state index in [9.17, 15) is 9.59 Å². The number of hydrogen-bond donors (Lipinski definition) is 0. The molecule has 4 heteroatoms. The molecule has 1 aromatic rings. The molecule has 16 heavy (non-hydrogen) atoms. The normalized spacial score (nSPS) is 18.1. The van der Waals surface area contributed by atoms with Crippen LogP contribution in [0, 0.1) is 0 Å². The van der Waals surface area contributed by atoms with Crippen LogP contribution in [0.3, 0.4) is 0 Å². The number of fused-ring (bicyclic) bond motifs is 2. The molecule has 0 amide bonds. The van der Waals surface area contributed by atoms with Gasteiger partial charge in [-0.25, -0.2) is 9.59 Å². The molecule has 0 fully saturated rings. The summed E-state index contributed by atoms with van der Waals surface area (Å²) in [6, 6.07) is 6.32. The standard InChI is InChI=1S/C12H12O4/c1-3-12(2)15-10(13)8-5-4-6-9(7-8)11(14)16-12/h4-7H,3H2,1-2H3. The van der Waals surface area contributed by atoms with Crippen molar-refractivity contribution in [3.63, 3.8) is 0 Å². The SMILES string of the molecule is CCC1(C)OC(=O)c2cccc(c2)C(=O)O1. The number of esters is 2. The van der Waals surface area contributed by atoms with Gasteiger partial charge in [-0.15, -0.1) is 0 Å². The third kappa shape index (κ3) is 1.78. The van der Waals surface area contributed by atoms with Crippen molar-refractivity contribution >= 4 is 11.9 Å². The maximum atomic E-state index is 11.7. The molecule has 2 bridgehead atoms. The van der Waals surface area contributed by atoms with Crippen molar-refractivity contribution in [3.05, 3.63) is 35.4 Å². The van der Waals surface area contributed by atoms with Crippen LogP contribution < -0.4 is 0 Å². The topological polar surface area (TPSA) is 52.6 Å². The summed E-state index contributed by atoms with van der Waals surface area (Å²) < 4.78 is 10.3. The van der Waals surface area contributed by atoms with Crippen molar-refractivity contribution in [2.45, 2.75) is 26.1 Å². The Morgan fingerprint density at radius 3 is 2.06 bits per heavy atom. The molecule has 4 nitrogen and oxygen atoms in total. The van der Waals surface area contributed by atoms with Crippen LogP contribution in [0.5, 0.6) is 0 Å². The lowest BCUT2D eigenvalue weighted by Gasteiger charge is -2.29. The average Bonchev–Trinajstić information content (AvgIpc) is 2.28. The van der Waals surface area contributed by atoms with Crippen molar-refractivity contribution in [2.24, 2.45) is 0 Å². The average molecular weight is 220 g/mol. The second-order valence-electron chi connectivity index (χ2n) is 3.85. The quantitative estimate of drug-likeness (QED) is 0.680. The van der Waals surface area contributed by atoms with Gasteiger partial charge in [-0.2, -0.15) is 0 Å². The van der Waals surface area contributed by atoms with Gasteiger partial charge in [-0.3, -0.25) is 0 Å². The number of rotatable bonds is 1. The Labute approximate surface area is 93.2 Å². The summed E-state index contributed by atoms with van der Waals surface area (Å²) in [6.07, 6.45) is 0.411. The summed E-state index contributed by atoms with van der Waals surface area (Å²) >= 11 is 0. The van der Waals surface area contributed by atoms with Crippen LogP contribution in [0.4, 0.5) is 0 Å². The molecule has 0 atom stereocenters. The van der Waals surface area contributed by atoms with Crippen molar-refractivity contribution in [1.82, 2.24) is 0 Å². The van der Waals surface area contributed by atoms with Crippen LogP contribution in [0.15, 0.2) is 24.3 Å². The second kappa shape index (κ2) is 3.63. The van der Waals surface area contributed by atoms with E-state index in [-0.39, 0.29) is 0 Å². The molecule has 0 saturated carbocycles. The fourth-order valence-corrected chi connectivity index (χ4v) is 1.45. The minimum absolute atomic E-state index is 0.369. The minimum Gasteiger partial charge on any atom is -0.419 e. The van der Waals surface area contributed by atoms with Gasteiger partial charge in [0.25, 0.3) is 5.79 Å². The minimum atomic E-state index is -1.18. The molecule has 84 valence electrons. The van der Waals surface area contributed by atoms with E-state index in [2.05, 4.69) is 0 Å². The van der Waals surface area contributed by atoms with Gasteiger partial charge in [0.2, 0.25) is 0 Å². The fourth-order valence-electron chi connectivity index (χ4n) is 1.45. The molecule has 0 aliphatic carbocycles. The lowest BCUT2D eigenvalue weighted by atomic mass is 10.1. The summed E-state index contributed by atoms with van der Waals surface area (Å²) in [5.41, 5.74) is 0.739. The Hall–Kier alpha value is -1.84. The zero-order valence-electron chi connectivity index (χ0n) is 9.15. The Kier molecular flexibility index (Phi) is 2.42. The van der Waals surface area contributed by atoms with E-state index in [0.717, 1.165) is 0 Å². The zero-order chi connectivity index (χ0) is 11.8. The molecule has 0 saturated heterocycles. The third-order valence-electron chi connectivity index (χ3n) is 2.59. The number of cyclic esters (lactones) is 2. The molecule has 0 spiro atoms. The highest BCUT2D eigenvalue weighted by atomic mass is 16.7. The van der Waals surface area contributed by atoms with Crippen LogP contribution in [-0.4, -0.2) is 17.7 Å². The summed E-state index contributed by atoms with van der Waals surface area (Å²) in [5, 5.41) is 0. The number of hydrogen-bond acceptors (Lipinski definition) is 4. The Morgan fingerprint density at radius 1 is 1.12 bits per heavy atom. The van der Waals surface area contributed by atoms with Crippen LogP contribution in [-0.2, 0) is 9.47 Å². The van der Waals surface area contributed by atoms with Gasteiger partial charge in [0.15, 0.2) is 0 Å². The van der Waals surface area contributed by atoms with Crippen LogP contribution >= 0.6 is 0 Å².